The van der Waals surface area contributed by atoms with Crippen LogP contribution in [0, 0.1) is 11.8 Å². The molecule has 1 aromatic heterocycles. The lowest BCUT2D eigenvalue weighted by Crippen LogP contribution is -2.46. The minimum absolute atomic E-state index is 0. The Kier molecular flexibility index (Phi) is 8.80. The molecular formula is C19H29ClN2O2S. The molecule has 1 fully saturated rings. The molecule has 1 atom stereocenters. The highest BCUT2D eigenvalue weighted by atomic mass is 35.5. The molecule has 140 valence electrons. The van der Waals surface area contributed by atoms with Gasteiger partial charge in [0.1, 0.15) is 0 Å². The molecule has 0 amide bonds. The van der Waals surface area contributed by atoms with Crippen LogP contribution in [-0.4, -0.2) is 22.5 Å². The number of pyridine rings is 1. The van der Waals surface area contributed by atoms with Gasteiger partial charge in [0.15, 0.2) is 5.41 Å². The number of rotatable bonds is 7. The summed E-state index contributed by atoms with van der Waals surface area (Å²) in [6.07, 6.45) is 8.93. The smallest absolute Gasteiger partial charge is 0.324 e. The average Bonchev–Trinajstić information content (AvgIpc) is 2.61. The van der Waals surface area contributed by atoms with Crippen LogP contribution in [0.5, 0.6) is 0 Å². The summed E-state index contributed by atoms with van der Waals surface area (Å²) >= 11 is 5.14. The van der Waals surface area contributed by atoms with Crippen molar-refractivity contribution < 1.29 is 9.53 Å². The highest BCUT2D eigenvalue weighted by Gasteiger charge is 2.41. The Bertz CT molecular complexity index is 562. The lowest BCUT2D eigenvalue weighted by molar-refractivity contribution is -0.149. The number of thiocarbonyl (C=S) groups is 1. The second-order valence-corrected chi connectivity index (χ2v) is 7.42. The van der Waals surface area contributed by atoms with Gasteiger partial charge in [-0.3, -0.25) is 9.78 Å². The Morgan fingerprint density at radius 1 is 1.32 bits per heavy atom. The number of carbonyl (C=O) groups is 1. The van der Waals surface area contributed by atoms with E-state index in [1.54, 1.807) is 25.3 Å². The van der Waals surface area contributed by atoms with E-state index in [4.69, 9.17) is 22.7 Å². The molecule has 0 aromatic carbocycles. The second kappa shape index (κ2) is 10.1. The van der Waals surface area contributed by atoms with Crippen molar-refractivity contribution in [2.45, 2.75) is 57.8 Å². The number of esters is 1. The van der Waals surface area contributed by atoms with Gasteiger partial charge in [-0.05, 0) is 43.7 Å². The summed E-state index contributed by atoms with van der Waals surface area (Å²) in [7, 11) is 0. The van der Waals surface area contributed by atoms with Gasteiger partial charge in [0, 0.05) is 6.20 Å². The van der Waals surface area contributed by atoms with Crippen molar-refractivity contribution in [3.05, 3.63) is 30.1 Å². The van der Waals surface area contributed by atoms with Crippen LogP contribution in [0.15, 0.2) is 24.4 Å². The third-order valence-corrected chi connectivity index (χ3v) is 5.60. The number of ether oxygens (including phenoxy) is 1. The summed E-state index contributed by atoms with van der Waals surface area (Å²) in [6, 6.07) is 5.38. The van der Waals surface area contributed by atoms with Gasteiger partial charge >= 0.3 is 5.97 Å². The molecule has 1 heterocycles. The second-order valence-electron chi connectivity index (χ2n) is 6.98. The van der Waals surface area contributed by atoms with Crippen LogP contribution in [0.1, 0.15) is 58.1 Å². The van der Waals surface area contributed by atoms with Crippen molar-refractivity contribution in [2.24, 2.45) is 17.6 Å². The van der Waals surface area contributed by atoms with E-state index in [9.17, 15) is 4.79 Å². The molecule has 25 heavy (non-hydrogen) atoms. The molecular weight excluding hydrogens is 356 g/mol. The van der Waals surface area contributed by atoms with Gasteiger partial charge in [0.25, 0.3) is 0 Å². The molecule has 0 radical (unpaired) electrons. The van der Waals surface area contributed by atoms with E-state index in [0.717, 1.165) is 18.8 Å². The molecule has 0 spiro atoms. The maximum absolute atomic E-state index is 12.7. The number of carbonyl (C=O) groups excluding carboxylic acids is 1. The summed E-state index contributed by atoms with van der Waals surface area (Å²) in [4.78, 5) is 17.0. The third kappa shape index (κ3) is 5.38. The van der Waals surface area contributed by atoms with Crippen molar-refractivity contribution in [1.82, 2.24) is 4.98 Å². The molecule has 2 N–H and O–H groups in total. The minimum Gasteiger partial charge on any atom is -0.464 e. The summed E-state index contributed by atoms with van der Waals surface area (Å²) in [5.74, 6) is 0.892. The van der Waals surface area contributed by atoms with Crippen molar-refractivity contribution in [1.29, 1.82) is 0 Å². The van der Waals surface area contributed by atoms with E-state index in [1.807, 2.05) is 6.07 Å². The molecule has 1 aromatic rings. The Morgan fingerprint density at radius 3 is 2.48 bits per heavy atom. The number of nitrogens with zero attached hydrogens (tertiary/aromatic N) is 1. The zero-order valence-electron chi connectivity index (χ0n) is 15.1. The highest BCUT2D eigenvalue weighted by Crippen LogP contribution is 2.32. The van der Waals surface area contributed by atoms with E-state index in [-0.39, 0.29) is 17.4 Å². The molecule has 6 heteroatoms. The first-order valence-electron chi connectivity index (χ1n) is 8.87. The Labute approximate surface area is 162 Å². The van der Waals surface area contributed by atoms with Crippen molar-refractivity contribution >= 4 is 35.6 Å². The van der Waals surface area contributed by atoms with Crippen molar-refractivity contribution in [3.63, 3.8) is 0 Å². The first-order chi connectivity index (χ1) is 11.5. The quantitative estimate of drug-likeness (QED) is 0.563. The third-order valence-electron chi connectivity index (χ3n) is 5.19. The summed E-state index contributed by atoms with van der Waals surface area (Å²) in [5, 5.41) is 0. The minimum atomic E-state index is -1.17. The van der Waals surface area contributed by atoms with Crippen LogP contribution in [-0.2, 0) is 14.9 Å². The monoisotopic (exact) mass is 384 g/mol. The molecule has 1 aliphatic carbocycles. The number of hydrogen-bond acceptors (Lipinski definition) is 4. The van der Waals surface area contributed by atoms with E-state index in [0.29, 0.717) is 18.2 Å². The normalized spacial score (nSPS) is 22.3. The lowest BCUT2D eigenvalue weighted by Gasteiger charge is -2.30. The Balaban J connectivity index is 0.00000312. The van der Waals surface area contributed by atoms with Crippen LogP contribution in [0.4, 0.5) is 0 Å². The predicted molar refractivity (Wildman–Crippen MR) is 107 cm³/mol. The molecule has 2 rings (SSSR count). The molecule has 0 bridgehead atoms. The van der Waals surface area contributed by atoms with Crippen LogP contribution in [0.3, 0.4) is 0 Å². The maximum Gasteiger partial charge on any atom is 0.324 e. The fraction of sp³-hybridized carbons (Fsp3) is 0.632. The molecule has 1 aliphatic rings. The largest absolute Gasteiger partial charge is 0.464 e. The Morgan fingerprint density at radius 2 is 1.96 bits per heavy atom. The summed E-state index contributed by atoms with van der Waals surface area (Å²) in [6.45, 7) is 4.38. The molecule has 0 saturated heterocycles. The van der Waals surface area contributed by atoms with Crippen LogP contribution >= 0.6 is 24.6 Å². The summed E-state index contributed by atoms with van der Waals surface area (Å²) in [5.41, 5.74) is 5.22. The zero-order chi connectivity index (χ0) is 17.6. The van der Waals surface area contributed by atoms with Crippen LogP contribution in [0.2, 0.25) is 0 Å². The van der Waals surface area contributed by atoms with Gasteiger partial charge in [-0.15, -0.1) is 12.4 Å². The molecule has 4 nitrogen and oxygen atoms in total. The van der Waals surface area contributed by atoms with E-state index >= 15 is 0 Å². The van der Waals surface area contributed by atoms with Gasteiger partial charge in [-0.25, -0.2) is 0 Å². The lowest BCUT2D eigenvalue weighted by atomic mass is 9.80. The van der Waals surface area contributed by atoms with Crippen LogP contribution < -0.4 is 5.73 Å². The van der Waals surface area contributed by atoms with Crippen molar-refractivity contribution in [2.75, 3.05) is 6.61 Å². The van der Waals surface area contributed by atoms with Gasteiger partial charge in [-0.1, -0.05) is 50.9 Å². The highest BCUT2D eigenvalue weighted by molar-refractivity contribution is 7.80. The zero-order valence-corrected chi connectivity index (χ0v) is 16.7. The van der Waals surface area contributed by atoms with E-state index in [1.165, 1.54) is 25.7 Å². The van der Waals surface area contributed by atoms with Gasteiger partial charge in [0.2, 0.25) is 0 Å². The predicted octanol–water partition coefficient (Wildman–Crippen LogP) is 4.20. The number of hydrogen-bond donors (Lipinski definition) is 1. The SMILES string of the molecule is CCC[C@H]1CC[C@H](COC(=O)C(C)(C(N)=S)c2ccccn2)CC1.Cl. The Hall–Kier alpha value is -1.20. The topological polar surface area (TPSA) is 65.2 Å². The van der Waals surface area contributed by atoms with Crippen LogP contribution in [0.25, 0.3) is 0 Å². The van der Waals surface area contributed by atoms with Gasteiger partial charge < -0.3 is 10.5 Å². The van der Waals surface area contributed by atoms with Gasteiger partial charge in [-0.2, -0.15) is 0 Å². The van der Waals surface area contributed by atoms with E-state index in [2.05, 4.69) is 11.9 Å². The van der Waals surface area contributed by atoms with Crippen molar-refractivity contribution in [3.8, 4) is 0 Å². The molecule has 1 saturated carbocycles. The number of aromatic nitrogens is 1. The van der Waals surface area contributed by atoms with Gasteiger partial charge in [0.05, 0.1) is 17.3 Å². The number of nitrogens with two attached hydrogens (primary N) is 1. The first-order valence-corrected chi connectivity index (χ1v) is 9.28. The summed E-state index contributed by atoms with van der Waals surface area (Å²) < 4.78 is 5.61. The number of halogens is 1. The average molecular weight is 385 g/mol. The standard InChI is InChI=1S/C19H28N2O2S.ClH/c1-3-6-14-8-10-15(11-9-14)13-23-18(22)19(2,17(20)24)16-7-4-5-12-21-16;/h4-5,7,12,14-15H,3,6,8-11,13H2,1-2H3,(H2,20,24);1H/t14-,15-,19?;. The maximum atomic E-state index is 12.7. The fourth-order valence-electron chi connectivity index (χ4n) is 3.42. The first kappa shape index (κ1) is 21.8. The van der Waals surface area contributed by atoms with E-state index < -0.39 is 11.4 Å². The molecule has 1 unspecified atom stereocenters. The fourth-order valence-corrected chi connectivity index (χ4v) is 3.61. The molecule has 0 aliphatic heterocycles.